The zero-order valence-corrected chi connectivity index (χ0v) is 8.31. The molecule has 1 fully saturated rings. The zero-order chi connectivity index (χ0) is 9.19. The maximum atomic E-state index is 5.08. The summed E-state index contributed by atoms with van der Waals surface area (Å²) in [5.41, 5.74) is 1.51. The van der Waals surface area contributed by atoms with Gasteiger partial charge in [-0.1, -0.05) is 13.5 Å². The summed E-state index contributed by atoms with van der Waals surface area (Å²) >= 11 is 0. The van der Waals surface area contributed by atoms with Crippen LogP contribution in [0.2, 0.25) is 0 Å². The van der Waals surface area contributed by atoms with Crippen molar-refractivity contribution in [2.45, 2.75) is 38.3 Å². The highest BCUT2D eigenvalue weighted by atomic mass is 16.5. The fourth-order valence-electron chi connectivity index (χ4n) is 1.95. The molecule has 70 valence electrons. The lowest BCUT2D eigenvalue weighted by Gasteiger charge is -2.50. The van der Waals surface area contributed by atoms with Crippen LogP contribution in [0.4, 0.5) is 0 Å². The van der Waals surface area contributed by atoms with Crippen LogP contribution in [-0.4, -0.2) is 25.3 Å². The molecule has 0 aromatic carbocycles. The number of methoxy groups -OCH3 is 1. The Labute approximate surface area is 75.0 Å². The summed E-state index contributed by atoms with van der Waals surface area (Å²) in [7, 11) is 1.74. The molecule has 1 heterocycles. The normalized spacial score (nSPS) is 34.9. The van der Waals surface area contributed by atoms with Crippen molar-refractivity contribution < 1.29 is 4.74 Å². The van der Waals surface area contributed by atoms with Gasteiger partial charge >= 0.3 is 0 Å². The minimum absolute atomic E-state index is 0.176. The Balaban J connectivity index is 2.49. The first kappa shape index (κ1) is 9.75. The van der Waals surface area contributed by atoms with Crippen molar-refractivity contribution in [1.82, 2.24) is 5.32 Å². The molecule has 0 saturated carbocycles. The third-order valence-corrected chi connectivity index (χ3v) is 2.97. The van der Waals surface area contributed by atoms with Gasteiger partial charge in [0.25, 0.3) is 0 Å². The smallest absolute Gasteiger partial charge is 0.0483 e. The van der Waals surface area contributed by atoms with Crippen LogP contribution >= 0.6 is 0 Å². The van der Waals surface area contributed by atoms with Gasteiger partial charge in [0.15, 0.2) is 0 Å². The van der Waals surface area contributed by atoms with E-state index in [4.69, 9.17) is 4.74 Å². The van der Waals surface area contributed by atoms with E-state index < -0.39 is 0 Å². The quantitative estimate of drug-likeness (QED) is 0.647. The summed E-state index contributed by atoms with van der Waals surface area (Å²) in [6.45, 7) is 9.26. The first-order valence-corrected chi connectivity index (χ1v) is 4.62. The molecule has 2 heteroatoms. The van der Waals surface area contributed by atoms with Gasteiger partial charge in [0.2, 0.25) is 0 Å². The number of hydrogen-bond donors (Lipinski definition) is 1. The molecule has 0 amide bonds. The number of rotatable bonds is 4. The van der Waals surface area contributed by atoms with Crippen molar-refractivity contribution in [3.63, 3.8) is 0 Å². The van der Waals surface area contributed by atoms with Crippen LogP contribution in [0.3, 0.4) is 0 Å². The second kappa shape index (κ2) is 3.58. The van der Waals surface area contributed by atoms with E-state index in [1.807, 2.05) is 0 Å². The molecular weight excluding hydrogens is 150 g/mol. The molecule has 0 aromatic rings. The topological polar surface area (TPSA) is 21.3 Å². The molecule has 0 radical (unpaired) electrons. The number of nitrogens with one attached hydrogen (secondary N) is 1. The monoisotopic (exact) mass is 169 g/mol. The van der Waals surface area contributed by atoms with E-state index in [1.54, 1.807) is 7.11 Å². The Hall–Kier alpha value is -0.340. The Morgan fingerprint density at radius 1 is 1.67 bits per heavy atom. The predicted molar refractivity (Wildman–Crippen MR) is 51.3 cm³/mol. The molecule has 1 rings (SSSR count). The first-order valence-electron chi connectivity index (χ1n) is 4.62. The second-order valence-corrected chi connectivity index (χ2v) is 3.57. The van der Waals surface area contributed by atoms with Crippen molar-refractivity contribution in [1.29, 1.82) is 0 Å². The third-order valence-electron chi connectivity index (χ3n) is 2.97. The van der Waals surface area contributed by atoms with E-state index >= 15 is 0 Å². The van der Waals surface area contributed by atoms with Gasteiger partial charge in [-0.2, -0.15) is 0 Å². The van der Waals surface area contributed by atoms with E-state index in [0.29, 0.717) is 6.04 Å². The molecule has 0 spiro atoms. The van der Waals surface area contributed by atoms with Crippen molar-refractivity contribution >= 4 is 0 Å². The molecule has 1 saturated heterocycles. The maximum Gasteiger partial charge on any atom is 0.0483 e. The minimum atomic E-state index is 0.176. The van der Waals surface area contributed by atoms with E-state index in [1.165, 1.54) is 5.57 Å². The molecule has 0 aromatic heterocycles. The summed E-state index contributed by atoms with van der Waals surface area (Å²) in [5, 5.41) is 3.51. The number of hydrogen-bond acceptors (Lipinski definition) is 2. The molecule has 2 unspecified atom stereocenters. The molecule has 0 aliphatic carbocycles. The standard InChI is InChI=1S/C10H19NO/c1-5-10(6-7-12-4)8(2)9(3)11-10/h9,11H,2,5-7H2,1,3-4H3. The van der Waals surface area contributed by atoms with Crippen LogP contribution in [0.1, 0.15) is 26.7 Å². The Morgan fingerprint density at radius 3 is 2.67 bits per heavy atom. The Kier molecular flexibility index (Phi) is 2.91. The largest absolute Gasteiger partial charge is 0.385 e. The van der Waals surface area contributed by atoms with Crippen LogP contribution in [0, 0.1) is 0 Å². The molecule has 1 aliphatic heterocycles. The average molecular weight is 169 g/mol. The number of ether oxygens (including phenoxy) is 1. The van der Waals surface area contributed by atoms with Crippen molar-refractivity contribution in [2.24, 2.45) is 0 Å². The summed E-state index contributed by atoms with van der Waals surface area (Å²) in [6, 6.07) is 0.488. The lowest BCUT2D eigenvalue weighted by molar-refractivity contribution is 0.134. The van der Waals surface area contributed by atoms with Crippen molar-refractivity contribution in [3.8, 4) is 0 Å². The third kappa shape index (κ3) is 1.41. The summed E-state index contributed by atoms with van der Waals surface area (Å²) in [4.78, 5) is 0. The second-order valence-electron chi connectivity index (χ2n) is 3.57. The predicted octanol–water partition coefficient (Wildman–Crippen LogP) is 1.72. The van der Waals surface area contributed by atoms with Crippen molar-refractivity contribution in [2.75, 3.05) is 13.7 Å². The maximum absolute atomic E-state index is 5.08. The SMILES string of the molecule is C=C1C(C)NC1(CC)CCOC. The van der Waals surface area contributed by atoms with E-state index in [-0.39, 0.29) is 5.54 Å². The van der Waals surface area contributed by atoms with Gasteiger partial charge in [0.05, 0.1) is 0 Å². The highest BCUT2D eigenvalue weighted by molar-refractivity contribution is 5.31. The Morgan fingerprint density at radius 2 is 2.33 bits per heavy atom. The molecule has 2 nitrogen and oxygen atoms in total. The van der Waals surface area contributed by atoms with Crippen molar-refractivity contribution in [3.05, 3.63) is 12.2 Å². The molecule has 1 N–H and O–H groups in total. The van der Waals surface area contributed by atoms with Crippen LogP contribution in [-0.2, 0) is 4.74 Å². The summed E-state index contributed by atoms with van der Waals surface area (Å²) in [6.07, 6.45) is 2.16. The van der Waals surface area contributed by atoms with Gasteiger partial charge in [-0.15, -0.1) is 0 Å². The first-order chi connectivity index (χ1) is 5.66. The summed E-state index contributed by atoms with van der Waals surface area (Å²) < 4.78 is 5.08. The Bertz CT molecular complexity index is 179. The van der Waals surface area contributed by atoms with Gasteiger partial charge in [0.1, 0.15) is 0 Å². The molecule has 1 aliphatic rings. The van der Waals surface area contributed by atoms with Gasteiger partial charge in [0, 0.05) is 25.3 Å². The fraction of sp³-hybridized carbons (Fsp3) is 0.800. The average Bonchev–Trinajstić information content (AvgIpc) is 2.11. The van der Waals surface area contributed by atoms with E-state index in [9.17, 15) is 0 Å². The fourth-order valence-corrected chi connectivity index (χ4v) is 1.95. The van der Waals surface area contributed by atoms with Crippen LogP contribution in [0.25, 0.3) is 0 Å². The molecule has 0 bridgehead atoms. The lowest BCUT2D eigenvalue weighted by Crippen LogP contribution is -2.64. The summed E-state index contributed by atoms with van der Waals surface area (Å²) in [5.74, 6) is 0. The van der Waals surface area contributed by atoms with E-state index in [0.717, 1.165) is 19.4 Å². The van der Waals surface area contributed by atoms with Gasteiger partial charge in [-0.05, 0) is 25.3 Å². The van der Waals surface area contributed by atoms with Crippen LogP contribution < -0.4 is 5.32 Å². The van der Waals surface area contributed by atoms with Gasteiger partial charge in [-0.3, -0.25) is 0 Å². The van der Waals surface area contributed by atoms with E-state index in [2.05, 4.69) is 25.7 Å². The lowest BCUT2D eigenvalue weighted by atomic mass is 9.73. The zero-order valence-electron chi connectivity index (χ0n) is 8.31. The minimum Gasteiger partial charge on any atom is -0.385 e. The van der Waals surface area contributed by atoms with Crippen LogP contribution in [0.5, 0.6) is 0 Å². The molecule has 12 heavy (non-hydrogen) atoms. The highest BCUT2D eigenvalue weighted by Crippen LogP contribution is 2.35. The molecular formula is C10H19NO. The van der Waals surface area contributed by atoms with Gasteiger partial charge < -0.3 is 10.1 Å². The molecule has 2 atom stereocenters. The van der Waals surface area contributed by atoms with Crippen LogP contribution in [0.15, 0.2) is 12.2 Å². The van der Waals surface area contributed by atoms with Gasteiger partial charge in [-0.25, -0.2) is 0 Å². The highest BCUT2D eigenvalue weighted by Gasteiger charge is 2.42.